The van der Waals surface area contributed by atoms with Crippen LogP contribution in [0, 0.1) is 0 Å². The Hall–Kier alpha value is -1.92. The number of hydrogen-bond acceptors (Lipinski definition) is 5. The quantitative estimate of drug-likeness (QED) is 0.0321. The highest BCUT2D eigenvalue weighted by molar-refractivity contribution is 5.76. The molecule has 1 amide bonds. The van der Waals surface area contributed by atoms with Crippen LogP contribution in [0.2, 0.25) is 0 Å². The van der Waals surface area contributed by atoms with E-state index in [0.29, 0.717) is 25.9 Å². The van der Waals surface area contributed by atoms with Crippen molar-refractivity contribution in [2.75, 3.05) is 13.2 Å². The average molecular weight is 915 g/mol. The van der Waals surface area contributed by atoms with Gasteiger partial charge in [0.2, 0.25) is 5.91 Å². The summed E-state index contributed by atoms with van der Waals surface area (Å²) in [6.07, 6.45) is 67.0. The maximum absolute atomic E-state index is 12.5. The molecule has 0 radical (unpaired) electrons. The summed E-state index contributed by atoms with van der Waals surface area (Å²) in [7, 11) is 0. The molecule has 2 unspecified atom stereocenters. The lowest BCUT2D eigenvalue weighted by Crippen LogP contribution is -2.45. The summed E-state index contributed by atoms with van der Waals surface area (Å²) in [6, 6.07) is -0.554. The van der Waals surface area contributed by atoms with Gasteiger partial charge in [0, 0.05) is 12.8 Å². The van der Waals surface area contributed by atoms with Crippen LogP contribution in [0.5, 0.6) is 0 Å². The zero-order valence-corrected chi connectivity index (χ0v) is 43.5. The Bertz CT molecular complexity index is 1060. The topological polar surface area (TPSA) is 95.9 Å². The Morgan fingerprint density at radius 2 is 0.769 bits per heavy atom. The van der Waals surface area contributed by atoms with Crippen molar-refractivity contribution in [2.24, 2.45) is 0 Å². The molecule has 0 rings (SSSR count). The van der Waals surface area contributed by atoms with Crippen molar-refractivity contribution in [3.05, 3.63) is 36.5 Å². The molecule has 0 fully saturated rings. The second-order valence-electron chi connectivity index (χ2n) is 19.6. The van der Waals surface area contributed by atoms with Crippen LogP contribution >= 0.6 is 0 Å². The summed E-state index contributed by atoms with van der Waals surface area (Å²) in [5, 5.41) is 23.2. The van der Waals surface area contributed by atoms with Crippen LogP contribution < -0.4 is 5.32 Å². The molecule has 65 heavy (non-hydrogen) atoms. The van der Waals surface area contributed by atoms with Gasteiger partial charge in [-0.25, -0.2) is 0 Å². The lowest BCUT2D eigenvalue weighted by Gasteiger charge is -2.22. The predicted molar refractivity (Wildman–Crippen MR) is 283 cm³/mol. The smallest absolute Gasteiger partial charge is 0.305 e. The Kier molecular flexibility index (Phi) is 53.1. The third-order valence-corrected chi connectivity index (χ3v) is 13.2. The standard InChI is InChI=1S/C59H111NO5/c1-3-5-7-9-11-13-15-17-19-20-25-29-33-37-41-45-49-53-59(64)65-54-50-46-42-38-34-30-26-22-21-24-28-32-36-40-44-48-52-58(63)60-56(55-61)57(62)51-47-43-39-35-31-27-23-18-16-14-12-10-8-6-4-2/h11,13,17,19,21,24,56-57,61-62H,3-10,12,14-16,18,20,22-23,25-55H2,1-2H3,(H,60,63)/b13-11-,19-17-,24-21-. The molecule has 0 saturated heterocycles. The van der Waals surface area contributed by atoms with Crippen LogP contribution in [0.1, 0.15) is 303 Å². The number of amides is 1. The predicted octanol–water partition coefficient (Wildman–Crippen LogP) is 17.6. The molecule has 0 saturated carbocycles. The van der Waals surface area contributed by atoms with E-state index in [1.165, 1.54) is 199 Å². The first-order valence-electron chi connectivity index (χ1n) is 28.7. The van der Waals surface area contributed by atoms with Gasteiger partial charge in [-0.2, -0.15) is 0 Å². The Labute approximate surface area is 404 Å². The molecular weight excluding hydrogens is 803 g/mol. The Morgan fingerprint density at radius 1 is 0.431 bits per heavy atom. The van der Waals surface area contributed by atoms with E-state index in [1.807, 2.05) is 0 Å². The highest BCUT2D eigenvalue weighted by Crippen LogP contribution is 2.16. The summed E-state index contributed by atoms with van der Waals surface area (Å²) in [4.78, 5) is 24.5. The number of carbonyl (C=O) groups excluding carboxylic acids is 2. The number of carbonyl (C=O) groups is 2. The summed E-state index contributed by atoms with van der Waals surface area (Å²) in [5.41, 5.74) is 0. The van der Waals surface area contributed by atoms with E-state index < -0.39 is 12.1 Å². The third kappa shape index (κ3) is 51.3. The molecule has 0 aliphatic carbocycles. The van der Waals surface area contributed by atoms with Crippen LogP contribution in [0.25, 0.3) is 0 Å². The zero-order valence-electron chi connectivity index (χ0n) is 43.5. The van der Waals surface area contributed by atoms with Gasteiger partial charge in [-0.1, -0.05) is 243 Å². The minimum atomic E-state index is -0.675. The van der Waals surface area contributed by atoms with E-state index in [4.69, 9.17) is 4.74 Å². The first-order chi connectivity index (χ1) is 32.0. The number of ether oxygens (including phenoxy) is 1. The van der Waals surface area contributed by atoms with Crippen LogP contribution in [0.3, 0.4) is 0 Å². The van der Waals surface area contributed by atoms with Crippen molar-refractivity contribution < 1.29 is 24.5 Å². The minimum absolute atomic E-state index is 0.0106. The van der Waals surface area contributed by atoms with Crippen molar-refractivity contribution in [2.45, 2.75) is 315 Å². The summed E-state index contributed by atoms with van der Waals surface area (Å²) in [5.74, 6) is -0.0624. The monoisotopic (exact) mass is 914 g/mol. The number of rotatable bonds is 53. The summed E-state index contributed by atoms with van der Waals surface area (Å²) < 4.78 is 5.47. The number of hydrogen-bond donors (Lipinski definition) is 3. The van der Waals surface area contributed by atoms with Gasteiger partial charge in [-0.3, -0.25) is 9.59 Å². The minimum Gasteiger partial charge on any atom is -0.466 e. The number of nitrogens with one attached hydrogen (secondary N) is 1. The summed E-state index contributed by atoms with van der Waals surface area (Å²) >= 11 is 0. The third-order valence-electron chi connectivity index (χ3n) is 13.2. The fourth-order valence-electron chi connectivity index (χ4n) is 8.72. The number of unbranched alkanes of at least 4 members (excludes halogenated alkanes) is 36. The first kappa shape index (κ1) is 63.1. The Balaban J connectivity index is 3.46. The van der Waals surface area contributed by atoms with E-state index in [1.54, 1.807) is 0 Å². The van der Waals surface area contributed by atoms with Crippen molar-refractivity contribution in [3.8, 4) is 0 Å². The molecule has 0 spiro atoms. The van der Waals surface area contributed by atoms with E-state index in [9.17, 15) is 19.8 Å². The van der Waals surface area contributed by atoms with Crippen LogP contribution in [-0.4, -0.2) is 47.4 Å². The molecule has 0 aromatic carbocycles. The molecule has 0 aromatic rings. The van der Waals surface area contributed by atoms with Gasteiger partial charge in [-0.15, -0.1) is 0 Å². The highest BCUT2D eigenvalue weighted by atomic mass is 16.5. The molecule has 0 aliphatic rings. The molecule has 382 valence electrons. The number of aliphatic hydroxyl groups is 2. The average Bonchev–Trinajstić information content (AvgIpc) is 3.31. The Morgan fingerprint density at radius 3 is 1.22 bits per heavy atom. The van der Waals surface area contributed by atoms with E-state index in [-0.39, 0.29) is 18.5 Å². The fourth-order valence-corrected chi connectivity index (χ4v) is 8.72. The molecule has 6 nitrogen and oxygen atoms in total. The highest BCUT2D eigenvalue weighted by Gasteiger charge is 2.20. The molecule has 0 aromatic heterocycles. The van der Waals surface area contributed by atoms with Crippen molar-refractivity contribution >= 4 is 11.9 Å². The second kappa shape index (κ2) is 54.7. The van der Waals surface area contributed by atoms with Gasteiger partial charge in [0.15, 0.2) is 0 Å². The van der Waals surface area contributed by atoms with Crippen LogP contribution in [0.15, 0.2) is 36.5 Å². The van der Waals surface area contributed by atoms with Crippen molar-refractivity contribution in [1.82, 2.24) is 5.32 Å². The van der Waals surface area contributed by atoms with Gasteiger partial charge in [0.05, 0.1) is 25.4 Å². The van der Waals surface area contributed by atoms with Crippen LogP contribution in [-0.2, 0) is 14.3 Å². The molecule has 0 aliphatic heterocycles. The lowest BCUT2D eigenvalue weighted by atomic mass is 10.0. The number of allylic oxidation sites excluding steroid dienone is 6. The molecule has 0 bridgehead atoms. The summed E-state index contributed by atoms with van der Waals surface area (Å²) in [6.45, 7) is 4.91. The molecule has 6 heteroatoms. The van der Waals surface area contributed by atoms with Gasteiger partial charge in [-0.05, 0) is 83.5 Å². The fraction of sp³-hybridized carbons (Fsp3) is 0.864. The SMILES string of the molecule is CCCCC/C=C\C/C=C\CCCCCCCCCC(=O)OCCCCCCCCC/C=C\CCCCCCCC(=O)NC(CO)C(O)CCCCCCCCCCCCCCCCC. The van der Waals surface area contributed by atoms with Crippen molar-refractivity contribution in [1.29, 1.82) is 0 Å². The second-order valence-corrected chi connectivity index (χ2v) is 19.6. The van der Waals surface area contributed by atoms with Crippen molar-refractivity contribution in [3.63, 3.8) is 0 Å². The zero-order chi connectivity index (χ0) is 47.2. The molecule has 3 N–H and O–H groups in total. The normalized spacial score (nSPS) is 12.9. The maximum Gasteiger partial charge on any atom is 0.305 e. The molecular formula is C59H111NO5. The van der Waals surface area contributed by atoms with E-state index >= 15 is 0 Å². The van der Waals surface area contributed by atoms with E-state index in [2.05, 4.69) is 55.6 Å². The number of esters is 1. The number of aliphatic hydroxyl groups excluding tert-OH is 2. The van der Waals surface area contributed by atoms with Gasteiger partial charge in [0.1, 0.15) is 0 Å². The maximum atomic E-state index is 12.5. The largest absolute Gasteiger partial charge is 0.466 e. The van der Waals surface area contributed by atoms with Crippen LogP contribution in [0.4, 0.5) is 0 Å². The van der Waals surface area contributed by atoms with Gasteiger partial charge in [0.25, 0.3) is 0 Å². The van der Waals surface area contributed by atoms with Gasteiger partial charge >= 0.3 is 5.97 Å². The van der Waals surface area contributed by atoms with E-state index in [0.717, 1.165) is 70.6 Å². The molecule has 0 heterocycles. The lowest BCUT2D eigenvalue weighted by molar-refractivity contribution is -0.143. The first-order valence-corrected chi connectivity index (χ1v) is 28.7. The van der Waals surface area contributed by atoms with Gasteiger partial charge < -0.3 is 20.3 Å². The molecule has 2 atom stereocenters.